The maximum absolute atomic E-state index is 11.0. The average Bonchev–Trinajstić information content (AvgIpc) is 2.75. The van der Waals surface area contributed by atoms with Gasteiger partial charge in [0.05, 0.1) is 0 Å². The molecule has 0 radical (unpaired) electrons. The first kappa shape index (κ1) is 28.8. The molecule has 35 heavy (non-hydrogen) atoms. The third-order valence-corrected chi connectivity index (χ3v) is 7.12. The Labute approximate surface area is 214 Å². The Kier molecular flexibility index (Phi) is 9.09. The van der Waals surface area contributed by atoms with Gasteiger partial charge in [-0.25, -0.2) is 0 Å². The summed E-state index contributed by atoms with van der Waals surface area (Å²) in [5.41, 5.74) is 7.88. The summed E-state index contributed by atoms with van der Waals surface area (Å²) >= 11 is 0. The maximum atomic E-state index is 11.0. The number of hydrogen-bond acceptors (Lipinski definition) is 2. The lowest BCUT2D eigenvalue weighted by Crippen LogP contribution is -2.23. The van der Waals surface area contributed by atoms with Crippen molar-refractivity contribution in [3.63, 3.8) is 0 Å². The molecule has 0 amide bonds. The van der Waals surface area contributed by atoms with E-state index in [1.165, 1.54) is 30.4 Å². The summed E-state index contributed by atoms with van der Waals surface area (Å²) in [6, 6.07) is 4.38. The number of phenols is 2. The molecule has 2 rings (SSSR count). The summed E-state index contributed by atoms with van der Waals surface area (Å²) in [4.78, 5) is 0. The summed E-state index contributed by atoms with van der Waals surface area (Å²) in [6.45, 7) is 27.6. The van der Waals surface area contributed by atoms with Crippen LogP contribution >= 0.6 is 0 Å². The standard InChI is InChI=1S/C33H48O2/c1-12-15-16-17-18-25(26-19-21(4)30(34)23(13-2)28(26)32(6,7)8)27-20-22(5)31(35)24(14-3)29(27)33(9,10)11/h13-14,19-20,25,34-35H,2-3,12,15-18H2,1,4-11H3. The lowest BCUT2D eigenvalue weighted by atomic mass is 9.69. The Balaban J connectivity index is 3.03. The fraction of sp³-hybridized carbons (Fsp3) is 0.515. The van der Waals surface area contributed by atoms with Crippen molar-refractivity contribution in [2.75, 3.05) is 0 Å². The molecule has 0 heterocycles. The molecule has 2 aromatic carbocycles. The van der Waals surface area contributed by atoms with Crippen LogP contribution in [0.2, 0.25) is 0 Å². The molecular formula is C33H48O2. The molecule has 0 aromatic heterocycles. The first-order valence-electron chi connectivity index (χ1n) is 13.2. The van der Waals surface area contributed by atoms with E-state index in [0.717, 1.165) is 46.2 Å². The van der Waals surface area contributed by atoms with Gasteiger partial charge in [-0.1, -0.05) is 112 Å². The second-order valence-corrected chi connectivity index (χ2v) is 12.2. The Morgan fingerprint density at radius 3 is 1.46 bits per heavy atom. The Morgan fingerprint density at radius 2 is 1.14 bits per heavy atom. The number of phenolic OH excluding ortho intramolecular Hbond substituents is 2. The van der Waals surface area contributed by atoms with Crippen LogP contribution in [0.1, 0.15) is 131 Å². The van der Waals surface area contributed by atoms with Crippen molar-refractivity contribution in [2.24, 2.45) is 0 Å². The van der Waals surface area contributed by atoms with Crippen molar-refractivity contribution < 1.29 is 10.2 Å². The Morgan fingerprint density at radius 1 is 0.743 bits per heavy atom. The van der Waals surface area contributed by atoms with Gasteiger partial charge in [-0.3, -0.25) is 0 Å². The van der Waals surface area contributed by atoms with Gasteiger partial charge in [0, 0.05) is 17.0 Å². The molecule has 2 nitrogen and oxygen atoms in total. The van der Waals surface area contributed by atoms with E-state index < -0.39 is 0 Å². The highest BCUT2D eigenvalue weighted by Gasteiger charge is 2.33. The summed E-state index contributed by atoms with van der Waals surface area (Å²) in [6.07, 6.45) is 9.36. The first-order chi connectivity index (χ1) is 16.2. The zero-order chi connectivity index (χ0) is 26.7. The van der Waals surface area contributed by atoms with Crippen molar-refractivity contribution in [3.8, 4) is 11.5 Å². The second kappa shape index (κ2) is 11.1. The molecule has 0 spiro atoms. The Bertz CT molecular complexity index is 993. The van der Waals surface area contributed by atoms with E-state index in [9.17, 15) is 10.2 Å². The topological polar surface area (TPSA) is 40.5 Å². The van der Waals surface area contributed by atoms with Crippen molar-refractivity contribution in [3.05, 3.63) is 69.8 Å². The van der Waals surface area contributed by atoms with E-state index >= 15 is 0 Å². The molecule has 0 aliphatic heterocycles. The molecule has 0 saturated heterocycles. The fourth-order valence-corrected chi connectivity index (χ4v) is 5.60. The fourth-order valence-electron chi connectivity index (χ4n) is 5.60. The van der Waals surface area contributed by atoms with E-state index in [1.54, 1.807) is 0 Å². The van der Waals surface area contributed by atoms with Gasteiger partial charge in [-0.15, -0.1) is 0 Å². The van der Waals surface area contributed by atoms with Gasteiger partial charge in [0.1, 0.15) is 11.5 Å². The molecule has 192 valence electrons. The van der Waals surface area contributed by atoms with Crippen LogP contribution in [-0.4, -0.2) is 10.2 Å². The van der Waals surface area contributed by atoms with Crippen LogP contribution in [0, 0.1) is 13.8 Å². The Hall–Kier alpha value is -2.48. The van der Waals surface area contributed by atoms with Gasteiger partial charge in [-0.05, 0) is 64.5 Å². The lowest BCUT2D eigenvalue weighted by Gasteiger charge is -2.35. The lowest BCUT2D eigenvalue weighted by molar-refractivity contribution is 0.460. The van der Waals surface area contributed by atoms with Gasteiger partial charge >= 0.3 is 0 Å². The summed E-state index contributed by atoms with van der Waals surface area (Å²) in [5, 5.41) is 22.0. The number of hydrogen-bond donors (Lipinski definition) is 2. The van der Waals surface area contributed by atoms with Crippen LogP contribution in [-0.2, 0) is 10.8 Å². The monoisotopic (exact) mass is 476 g/mol. The van der Waals surface area contributed by atoms with E-state index in [0.29, 0.717) is 11.5 Å². The molecule has 2 aromatic rings. The zero-order valence-corrected chi connectivity index (χ0v) is 23.7. The van der Waals surface area contributed by atoms with Gasteiger partial charge < -0.3 is 10.2 Å². The second-order valence-electron chi connectivity index (χ2n) is 12.2. The predicted molar refractivity (Wildman–Crippen MR) is 154 cm³/mol. The zero-order valence-electron chi connectivity index (χ0n) is 23.7. The molecular weight excluding hydrogens is 428 g/mol. The minimum Gasteiger partial charge on any atom is -0.507 e. The van der Waals surface area contributed by atoms with Crippen molar-refractivity contribution in [1.29, 1.82) is 0 Å². The minimum atomic E-state index is -0.180. The number of rotatable bonds is 9. The van der Waals surface area contributed by atoms with Crippen molar-refractivity contribution in [1.82, 2.24) is 0 Å². The van der Waals surface area contributed by atoms with Crippen LogP contribution in [0.25, 0.3) is 12.2 Å². The third-order valence-electron chi connectivity index (χ3n) is 7.12. The molecule has 2 N–H and O–H groups in total. The number of aryl methyl sites for hydroxylation is 2. The quantitative estimate of drug-likeness (QED) is 0.354. The SMILES string of the molecule is C=Cc1c(O)c(C)cc(C(CCCCCC)c2cc(C)c(O)c(C=C)c2C(C)(C)C)c1C(C)(C)C. The number of aromatic hydroxyl groups is 2. The number of benzene rings is 2. The average molecular weight is 477 g/mol. The van der Waals surface area contributed by atoms with Crippen molar-refractivity contribution >= 4 is 12.2 Å². The van der Waals surface area contributed by atoms with Crippen LogP contribution in [0.4, 0.5) is 0 Å². The summed E-state index contributed by atoms with van der Waals surface area (Å²) < 4.78 is 0. The highest BCUT2D eigenvalue weighted by atomic mass is 16.3. The highest BCUT2D eigenvalue weighted by molar-refractivity contribution is 5.70. The smallest absolute Gasteiger partial charge is 0.125 e. The molecule has 0 unspecified atom stereocenters. The molecule has 0 saturated carbocycles. The largest absolute Gasteiger partial charge is 0.507 e. The predicted octanol–water partition coefficient (Wildman–Crippen LogP) is 9.70. The third kappa shape index (κ3) is 6.02. The maximum Gasteiger partial charge on any atom is 0.125 e. The molecule has 2 heteroatoms. The van der Waals surface area contributed by atoms with Crippen LogP contribution in [0.5, 0.6) is 11.5 Å². The van der Waals surface area contributed by atoms with Crippen LogP contribution in [0.3, 0.4) is 0 Å². The van der Waals surface area contributed by atoms with Crippen LogP contribution in [0.15, 0.2) is 25.3 Å². The van der Waals surface area contributed by atoms with Gasteiger partial charge in [0.15, 0.2) is 0 Å². The molecule has 0 aliphatic rings. The van der Waals surface area contributed by atoms with E-state index in [-0.39, 0.29) is 16.7 Å². The van der Waals surface area contributed by atoms with Gasteiger partial charge in [-0.2, -0.15) is 0 Å². The van der Waals surface area contributed by atoms with Gasteiger partial charge in [0.25, 0.3) is 0 Å². The minimum absolute atomic E-state index is 0.131. The molecule has 0 aliphatic carbocycles. The number of unbranched alkanes of at least 4 members (excludes halogenated alkanes) is 3. The van der Waals surface area contributed by atoms with Crippen molar-refractivity contribution in [2.45, 2.75) is 111 Å². The molecule has 0 atom stereocenters. The van der Waals surface area contributed by atoms with E-state index in [2.05, 4.69) is 73.8 Å². The van der Waals surface area contributed by atoms with Gasteiger partial charge in [0.2, 0.25) is 0 Å². The molecule has 0 bridgehead atoms. The normalized spacial score (nSPS) is 12.3. The van der Waals surface area contributed by atoms with E-state index in [4.69, 9.17) is 0 Å². The summed E-state index contributed by atoms with van der Waals surface area (Å²) in [7, 11) is 0. The van der Waals surface area contributed by atoms with E-state index in [1.807, 2.05) is 26.0 Å². The summed E-state index contributed by atoms with van der Waals surface area (Å²) in [5.74, 6) is 0.776. The van der Waals surface area contributed by atoms with Crippen LogP contribution < -0.4 is 0 Å². The first-order valence-corrected chi connectivity index (χ1v) is 13.2. The highest BCUT2D eigenvalue weighted by Crippen LogP contribution is 2.48. The molecule has 0 fully saturated rings.